The zero-order valence-electron chi connectivity index (χ0n) is 12.6. The first-order valence-electron chi connectivity index (χ1n) is 7.45. The maximum Gasteiger partial charge on any atom is 0.258 e. The summed E-state index contributed by atoms with van der Waals surface area (Å²) in [7, 11) is 0. The first-order chi connectivity index (χ1) is 9.63. The minimum absolute atomic E-state index is 0.104. The lowest BCUT2D eigenvalue weighted by Gasteiger charge is -2.23. The standard InChI is InChI=1S/C17H24N2O/c1-4-10-18-16(13(2)3)12-19-11-9-14-7-5-6-8-15(14)17(19)20/h5-9,11,13,16,18H,4,10,12H2,1-3H3. The van der Waals surface area contributed by atoms with E-state index in [9.17, 15) is 4.79 Å². The highest BCUT2D eigenvalue weighted by molar-refractivity contribution is 5.81. The number of hydrogen-bond donors (Lipinski definition) is 1. The Morgan fingerprint density at radius 2 is 1.95 bits per heavy atom. The van der Waals surface area contributed by atoms with Gasteiger partial charge in [-0.3, -0.25) is 4.79 Å². The van der Waals surface area contributed by atoms with Gasteiger partial charge in [-0.25, -0.2) is 0 Å². The second-order valence-corrected chi connectivity index (χ2v) is 5.67. The van der Waals surface area contributed by atoms with E-state index in [1.54, 1.807) is 0 Å². The van der Waals surface area contributed by atoms with Crippen LogP contribution in [0.25, 0.3) is 10.8 Å². The van der Waals surface area contributed by atoms with E-state index < -0.39 is 0 Å². The normalized spacial score (nSPS) is 13.0. The molecule has 3 nitrogen and oxygen atoms in total. The van der Waals surface area contributed by atoms with Gasteiger partial charge in [-0.2, -0.15) is 0 Å². The van der Waals surface area contributed by atoms with Crippen molar-refractivity contribution < 1.29 is 0 Å². The summed E-state index contributed by atoms with van der Waals surface area (Å²) in [5.41, 5.74) is 0.104. The van der Waals surface area contributed by atoms with Crippen molar-refractivity contribution >= 4 is 10.8 Å². The summed E-state index contributed by atoms with van der Waals surface area (Å²) < 4.78 is 1.83. The lowest BCUT2D eigenvalue weighted by atomic mass is 10.0. The maximum atomic E-state index is 12.5. The smallest absolute Gasteiger partial charge is 0.258 e. The molecular formula is C17H24N2O. The Morgan fingerprint density at radius 3 is 2.65 bits per heavy atom. The fourth-order valence-electron chi connectivity index (χ4n) is 2.43. The van der Waals surface area contributed by atoms with E-state index in [-0.39, 0.29) is 5.56 Å². The summed E-state index contributed by atoms with van der Waals surface area (Å²) in [6, 6.07) is 10.1. The zero-order chi connectivity index (χ0) is 14.5. The first-order valence-corrected chi connectivity index (χ1v) is 7.45. The number of nitrogens with one attached hydrogen (secondary N) is 1. The number of fused-ring (bicyclic) bond motifs is 1. The Morgan fingerprint density at radius 1 is 1.20 bits per heavy atom. The molecule has 20 heavy (non-hydrogen) atoms. The van der Waals surface area contributed by atoms with Crippen LogP contribution < -0.4 is 10.9 Å². The number of nitrogens with zero attached hydrogens (tertiary/aromatic N) is 1. The van der Waals surface area contributed by atoms with Crippen LogP contribution in [0.1, 0.15) is 27.2 Å². The molecule has 1 aromatic heterocycles. The van der Waals surface area contributed by atoms with Crippen molar-refractivity contribution in [2.24, 2.45) is 5.92 Å². The average Bonchev–Trinajstić information content (AvgIpc) is 2.45. The van der Waals surface area contributed by atoms with E-state index in [4.69, 9.17) is 0 Å². The molecule has 0 bridgehead atoms. The van der Waals surface area contributed by atoms with Gasteiger partial charge in [-0.15, -0.1) is 0 Å². The molecule has 0 fully saturated rings. The van der Waals surface area contributed by atoms with Gasteiger partial charge in [0.05, 0.1) is 0 Å². The molecule has 0 saturated carbocycles. The van der Waals surface area contributed by atoms with Gasteiger partial charge in [0.15, 0.2) is 0 Å². The van der Waals surface area contributed by atoms with Gasteiger partial charge >= 0.3 is 0 Å². The van der Waals surface area contributed by atoms with Crippen LogP contribution in [0.3, 0.4) is 0 Å². The van der Waals surface area contributed by atoms with Gasteiger partial charge in [0.1, 0.15) is 0 Å². The number of rotatable bonds is 6. The van der Waals surface area contributed by atoms with Gasteiger partial charge in [-0.1, -0.05) is 39.0 Å². The summed E-state index contributed by atoms with van der Waals surface area (Å²) >= 11 is 0. The van der Waals surface area contributed by atoms with E-state index in [2.05, 4.69) is 26.1 Å². The van der Waals surface area contributed by atoms with Crippen molar-refractivity contribution in [1.82, 2.24) is 9.88 Å². The van der Waals surface area contributed by atoms with Crippen molar-refractivity contribution in [3.05, 3.63) is 46.9 Å². The SMILES string of the molecule is CCCNC(Cn1ccc2ccccc2c1=O)C(C)C. The summed E-state index contributed by atoms with van der Waals surface area (Å²) in [5.74, 6) is 0.500. The molecule has 1 atom stereocenters. The van der Waals surface area contributed by atoms with E-state index in [1.807, 2.05) is 41.1 Å². The molecule has 1 N–H and O–H groups in total. The number of hydrogen-bond acceptors (Lipinski definition) is 2. The molecule has 0 aliphatic rings. The Balaban J connectivity index is 2.28. The Labute approximate surface area is 120 Å². The van der Waals surface area contributed by atoms with Crippen LogP contribution in [-0.2, 0) is 6.54 Å². The summed E-state index contributed by atoms with van der Waals surface area (Å²) in [6.45, 7) is 8.26. The largest absolute Gasteiger partial charge is 0.313 e. The third-order valence-corrected chi connectivity index (χ3v) is 3.74. The first kappa shape index (κ1) is 14.8. The van der Waals surface area contributed by atoms with E-state index in [1.165, 1.54) is 0 Å². The van der Waals surface area contributed by atoms with E-state index >= 15 is 0 Å². The van der Waals surface area contributed by atoms with Crippen molar-refractivity contribution in [2.45, 2.75) is 39.8 Å². The summed E-state index contributed by atoms with van der Waals surface area (Å²) in [5, 5.41) is 5.34. The van der Waals surface area contributed by atoms with E-state index in [0.717, 1.165) is 30.3 Å². The van der Waals surface area contributed by atoms with Crippen molar-refractivity contribution in [1.29, 1.82) is 0 Å². The lowest BCUT2D eigenvalue weighted by Crippen LogP contribution is -2.40. The van der Waals surface area contributed by atoms with Gasteiger partial charge in [-0.05, 0) is 36.4 Å². The predicted molar refractivity (Wildman–Crippen MR) is 85.1 cm³/mol. The fraction of sp³-hybridized carbons (Fsp3) is 0.471. The minimum Gasteiger partial charge on any atom is -0.313 e. The second-order valence-electron chi connectivity index (χ2n) is 5.67. The molecule has 2 rings (SSSR count). The summed E-state index contributed by atoms with van der Waals surface area (Å²) in [6.07, 6.45) is 3.02. The highest BCUT2D eigenvalue weighted by atomic mass is 16.1. The van der Waals surface area contributed by atoms with Crippen molar-refractivity contribution in [2.75, 3.05) is 6.54 Å². The van der Waals surface area contributed by atoms with Crippen LogP contribution in [0.15, 0.2) is 41.3 Å². The topological polar surface area (TPSA) is 34.0 Å². The molecule has 2 aromatic rings. The third kappa shape index (κ3) is 3.28. The van der Waals surface area contributed by atoms with Gasteiger partial charge in [0.25, 0.3) is 5.56 Å². The second kappa shape index (κ2) is 6.71. The van der Waals surface area contributed by atoms with Crippen LogP contribution in [0, 0.1) is 5.92 Å². The molecule has 3 heteroatoms. The highest BCUT2D eigenvalue weighted by Crippen LogP contribution is 2.10. The van der Waals surface area contributed by atoms with Crippen molar-refractivity contribution in [3.8, 4) is 0 Å². The number of pyridine rings is 1. The maximum absolute atomic E-state index is 12.5. The van der Waals surface area contributed by atoms with Crippen LogP contribution >= 0.6 is 0 Å². The van der Waals surface area contributed by atoms with Crippen LogP contribution in [0.2, 0.25) is 0 Å². The fourth-order valence-corrected chi connectivity index (χ4v) is 2.43. The van der Waals surface area contributed by atoms with Gasteiger partial charge < -0.3 is 9.88 Å². The molecule has 0 radical (unpaired) electrons. The van der Waals surface area contributed by atoms with E-state index in [0.29, 0.717) is 12.0 Å². The molecular weight excluding hydrogens is 248 g/mol. The Kier molecular flexibility index (Phi) is 4.96. The Hall–Kier alpha value is -1.61. The zero-order valence-corrected chi connectivity index (χ0v) is 12.6. The lowest BCUT2D eigenvalue weighted by molar-refractivity contribution is 0.353. The van der Waals surface area contributed by atoms with Crippen molar-refractivity contribution in [3.63, 3.8) is 0 Å². The molecule has 0 amide bonds. The quantitative estimate of drug-likeness (QED) is 0.877. The third-order valence-electron chi connectivity index (χ3n) is 3.74. The number of aromatic nitrogens is 1. The minimum atomic E-state index is 0.104. The predicted octanol–water partition coefficient (Wildman–Crippen LogP) is 3.03. The molecule has 1 aromatic carbocycles. The number of benzene rings is 1. The molecule has 0 spiro atoms. The average molecular weight is 272 g/mol. The highest BCUT2D eigenvalue weighted by Gasteiger charge is 2.14. The van der Waals surface area contributed by atoms with Gasteiger partial charge in [0.2, 0.25) is 0 Å². The monoisotopic (exact) mass is 272 g/mol. The summed E-state index contributed by atoms with van der Waals surface area (Å²) in [4.78, 5) is 12.5. The van der Waals surface area contributed by atoms with Gasteiger partial charge in [0, 0.05) is 24.2 Å². The molecule has 108 valence electrons. The molecule has 0 aliphatic heterocycles. The molecule has 1 unspecified atom stereocenters. The molecule has 0 aliphatic carbocycles. The van der Waals surface area contributed by atoms with Crippen LogP contribution in [-0.4, -0.2) is 17.2 Å². The molecule has 0 saturated heterocycles. The molecule has 1 heterocycles. The van der Waals surface area contributed by atoms with Crippen LogP contribution in [0.4, 0.5) is 0 Å². The Bertz CT molecular complexity index is 616. The van der Waals surface area contributed by atoms with Crippen LogP contribution in [0.5, 0.6) is 0 Å².